The molecule has 0 bridgehead atoms. The molecule has 2 heterocycles. The number of fused-ring (bicyclic) bond motifs is 1. The summed E-state index contributed by atoms with van der Waals surface area (Å²) < 4.78 is 1.90. The number of nitrogens with one attached hydrogen (secondary N) is 1. The average molecular weight is 163 g/mol. The van der Waals surface area contributed by atoms with Crippen molar-refractivity contribution in [2.75, 3.05) is 0 Å². The Balaban J connectivity index is 2.39. The van der Waals surface area contributed by atoms with E-state index in [0.29, 0.717) is 0 Å². The highest BCUT2D eigenvalue weighted by atomic mass is 15.3. The van der Waals surface area contributed by atoms with Gasteiger partial charge < -0.3 is 5.32 Å². The van der Waals surface area contributed by atoms with Crippen LogP contribution in [0.4, 0.5) is 0 Å². The van der Waals surface area contributed by atoms with Gasteiger partial charge >= 0.3 is 0 Å². The highest BCUT2D eigenvalue weighted by Crippen LogP contribution is 2.15. The van der Waals surface area contributed by atoms with E-state index >= 15 is 0 Å². The lowest BCUT2D eigenvalue weighted by molar-refractivity contribution is 0.440. The summed E-state index contributed by atoms with van der Waals surface area (Å²) >= 11 is 0. The molecule has 0 saturated carbocycles. The van der Waals surface area contributed by atoms with Gasteiger partial charge in [-0.2, -0.15) is 5.10 Å². The molecule has 0 radical (unpaired) electrons. The van der Waals surface area contributed by atoms with Gasteiger partial charge in [-0.05, 0) is 19.9 Å². The molecule has 0 unspecified atom stereocenters. The Kier molecular flexibility index (Phi) is 1.46. The van der Waals surface area contributed by atoms with Crippen molar-refractivity contribution in [3.05, 3.63) is 24.2 Å². The molecule has 1 N–H and O–H groups in total. The van der Waals surface area contributed by atoms with Gasteiger partial charge in [0.2, 0.25) is 0 Å². The van der Waals surface area contributed by atoms with Crippen LogP contribution in [0.3, 0.4) is 0 Å². The zero-order chi connectivity index (χ0) is 8.60. The Hall–Kier alpha value is -1.25. The quantitative estimate of drug-likeness (QED) is 0.623. The van der Waals surface area contributed by atoms with E-state index in [2.05, 4.69) is 30.3 Å². The molecule has 2 rings (SSSR count). The van der Waals surface area contributed by atoms with E-state index in [4.69, 9.17) is 0 Å². The summed E-state index contributed by atoms with van der Waals surface area (Å²) in [4.78, 5) is 0. The second-order valence-corrected chi connectivity index (χ2v) is 3.79. The third-order valence-electron chi connectivity index (χ3n) is 2.07. The van der Waals surface area contributed by atoms with Crippen LogP contribution in [0.5, 0.6) is 0 Å². The maximum Gasteiger partial charge on any atom is 0.0496 e. The molecular weight excluding hydrogens is 150 g/mol. The van der Waals surface area contributed by atoms with Gasteiger partial charge in [0.05, 0.1) is 0 Å². The molecule has 0 aliphatic carbocycles. The molecule has 1 aromatic rings. The van der Waals surface area contributed by atoms with Crippen LogP contribution in [0.2, 0.25) is 0 Å². The molecule has 64 valence electrons. The Bertz CT molecular complexity index is 309. The van der Waals surface area contributed by atoms with Crippen molar-refractivity contribution in [2.24, 2.45) is 0 Å². The molecule has 0 spiro atoms. The largest absolute Gasteiger partial charge is 0.384 e. The monoisotopic (exact) mass is 163 g/mol. The molecule has 1 aliphatic heterocycles. The molecule has 1 aromatic heterocycles. The highest BCUT2D eigenvalue weighted by molar-refractivity contribution is 5.27. The first kappa shape index (κ1) is 7.40. The molecule has 0 aromatic carbocycles. The summed E-state index contributed by atoms with van der Waals surface area (Å²) in [5.74, 6) is 0. The summed E-state index contributed by atoms with van der Waals surface area (Å²) in [6, 6.07) is 2.05. The summed E-state index contributed by atoms with van der Waals surface area (Å²) in [7, 11) is 0. The molecule has 0 atom stereocenters. The minimum Gasteiger partial charge on any atom is -0.384 e. The fourth-order valence-electron chi connectivity index (χ4n) is 1.45. The molecule has 0 amide bonds. The van der Waals surface area contributed by atoms with Gasteiger partial charge in [0.25, 0.3) is 0 Å². The number of hydrogen-bond donors (Lipinski definition) is 1. The van der Waals surface area contributed by atoms with Crippen LogP contribution in [0.15, 0.2) is 18.5 Å². The number of nitrogens with zero attached hydrogens (tertiary/aromatic N) is 2. The third-order valence-corrected chi connectivity index (χ3v) is 2.07. The Morgan fingerprint density at radius 1 is 1.58 bits per heavy atom. The van der Waals surface area contributed by atoms with Gasteiger partial charge in [-0.3, -0.25) is 0 Å². The Morgan fingerprint density at radius 3 is 3.25 bits per heavy atom. The zero-order valence-electron chi connectivity index (χ0n) is 7.41. The van der Waals surface area contributed by atoms with Gasteiger partial charge in [-0.25, -0.2) is 4.68 Å². The van der Waals surface area contributed by atoms with Crippen LogP contribution in [0.25, 0.3) is 6.20 Å². The topological polar surface area (TPSA) is 29.9 Å². The first-order valence-electron chi connectivity index (χ1n) is 4.14. The molecule has 12 heavy (non-hydrogen) atoms. The van der Waals surface area contributed by atoms with Gasteiger partial charge in [0.1, 0.15) is 0 Å². The molecular formula is C9H13N3. The van der Waals surface area contributed by atoms with Crippen molar-refractivity contribution in [3.8, 4) is 0 Å². The van der Waals surface area contributed by atoms with Crippen molar-refractivity contribution < 1.29 is 0 Å². The van der Waals surface area contributed by atoms with E-state index < -0.39 is 0 Å². The number of hydrogen-bond acceptors (Lipinski definition) is 2. The van der Waals surface area contributed by atoms with Crippen molar-refractivity contribution in [3.63, 3.8) is 0 Å². The second-order valence-electron chi connectivity index (χ2n) is 3.79. The molecule has 3 nitrogen and oxygen atoms in total. The maximum absolute atomic E-state index is 4.17. The van der Waals surface area contributed by atoms with E-state index in [1.807, 2.05) is 23.3 Å². The van der Waals surface area contributed by atoms with Gasteiger partial charge in [-0.1, -0.05) is 0 Å². The van der Waals surface area contributed by atoms with Crippen LogP contribution in [0.1, 0.15) is 19.5 Å². The van der Waals surface area contributed by atoms with E-state index in [1.54, 1.807) is 0 Å². The van der Waals surface area contributed by atoms with Crippen LogP contribution < -0.4 is 5.32 Å². The van der Waals surface area contributed by atoms with Crippen LogP contribution in [0, 0.1) is 0 Å². The predicted octanol–water partition coefficient (Wildman–Crippen LogP) is 1.24. The van der Waals surface area contributed by atoms with E-state index in [-0.39, 0.29) is 5.54 Å². The van der Waals surface area contributed by atoms with Gasteiger partial charge in [0.15, 0.2) is 0 Å². The molecule has 3 heteroatoms. The summed E-state index contributed by atoms with van der Waals surface area (Å²) in [5, 5.41) is 7.48. The maximum atomic E-state index is 4.17. The van der Waals surface area contributed by atoms with Crippen molar-refractivity contribution in [1.82, 2.24) is 15.1 Å². The van der Waals surface area contributed by atoms with Gasteiger partial charge in [0, 0.05) is 36.3 Å². The molecule has 1 aliphatic rings. The Labute approximate surface area is 72.1 Å². The lowest BCUT2D eigenvalue weighted by Gasteiger charge is -2.22. The standard InChI is InChI=1S/C9H13N3/c1-9(2)7-8-3-4-11-12(8)6-5-10-9/h3-6,10H,7H2,1-2H3. The SMILES string of the molecule is CC1(C)Cc2ccnn2C=CN1. The minimum atomic E-state index is 0.130. The number of aromatic nitrogens is 2. The van der Waals surface area contributed by atoms with Crippen molar-refractivity contribution in [2.45, 2.75) is 25.8 Å². The van der Waals surface area contributed by atoms with Crippen LogP contribution in [-0.2, 0) is 6.42 Å². The predicted molar refractivity (Wildman–Crippen MR) is 48.5 cm³/mol. The first-order chi connectivity index (χ1) is 5.67. The highest BCUT2D eigenvalue weighted by Gasteiger charge is 2.19. The lowest BCUT2D eigenvalue weighted by atomic mass is 9.99. The van der Waals surface area contributed by atoms with Crippen LogP contribution in [-0.4, -0.2) is 15.3 Å². The smallest absolute Gasteiger partial charge is 0.0496 e. The first-order valence-corrected chi connectivity index (χ1v) is 4.14. The Morgan fingerprint density at radius 2 is 2.42 bits per heavy atom. The summed E-state index contributed by atoms with van der Waals surface area (Å²) in [6.45, 7) is 4.36. The van der Waals surface area contributed by atoms with E-state index in [1.165, 1.54) is 5.69 Å². The van der Waals surface area contributed by atoms with Gasteiger partial charge in [-0.15, -0.1) is 0 Å². The van der Waals surface area contributed by atoms with E-state index in [0.717, 1.165) is 6.42 Å². The average Bonchev–Trinajstić information content (AvgIpc) is 2.31. The van der Waals surface area contributed by atoms with Crippen molar-refractivity contribution >= 4 is 6.20 Å². The third kappa shape index (κ3) is 1.22. The normalized spacial score (nSPS) is 19.5. The van der Waals surface area contributed by atoms with Crippen molar-refractivity contribution in [1.29, 1.82) is 0 Å². The molecule has 0 fully saturated rings. The fraction of sp³-hybridized carbons (Fsp3) is 0.444. The fourth-order valence-corrected chi connectivity index (χ4v) is 1.45. The zero-order valence-corrected chi connectivity index (χ0v) is 7.41. The van der Waals surface area contributed by atoms with Crippen LogP contribution >= 0.6 is 0 Å². The number of rotatable bonds is 0. The lowest BCUT2D eigenvalue weighted by Crippen LogP contribution is -2.36. The van der Waals surface area contributed by atoms with E-state index in [9.17, 15) is 0 Å². The molecule has 0 saturated heterocycles. The summed E-state index contributed by atoms with van der Waals surface area (Å²) in [6.07, 6.45) is 6.73. The second kappa shape index (κ2) is 2.37. The summed E-state index contributed by atoms with van der Waals surface area (Å²) in [5.41, 5.74) is 1.38. The minimum absolute atomic E-state index is 0.130.